The lowest BCUT2D eigenvalue weighted by molar-refractivity contribution is -0.140. The van der Waals surface area contributed by atoms with Crippen LogP contribution in [0.15, 0.2) is 42.0 Å². The average molecular weight is 497 g/mol. The van der Waals surface area contributed by atoms with Crippen LogP contribution in [0.3, 0.4) is 0 Å². The summed E-state index contributed by atoms with van der Waals surface area (Å²) in [6.45, 7) is 3.65. The lowest BCUT2D eigenvalue weighted by atomic mass is 9.94. The summed E-state index contributed by atoms with van der Waals surface area (Å²) in [7, 11) is 3.02. The van der Waals surface area contributed by atoms with Crippen LogP contribution in [0.5, 0.6) is 23.0 Å². The average Bonchev–Trinajstić information content (AvgIpc) is 3.48. The summed E-state index contributed by atoms with van der Waals surface area (Å²) in [5.74, 6) is 0.106. The van der Waals surface area contributed by atoms with Crippen LogP contribution in [0.2, 0.25) is 0 Å². The summed E-state index contributed by atoms with van der Waals surface area (Å²) < 4.78 is 27.3. The van der Waals surface area contributed by atoms with Crippen molar-refractivity contribution in [3.63, 3.8) is 0 Å². The third-order valence-electron chi connectivity index (χ3n) is 6.67. The monoisotopic (exact) mass is 496 g/mol. The molecular weight excluding hydrogens is 468 g/mol. The smallest absolute Gasteiger partial charge is 0.295 e. The number of rotatable bonds is 7. The van der Waals surface area contributed by atoms with Crippen LogP contribution in [0.25, 0.3) is 5.76 Å². The number of carbonyl (C=O) groups excluding carboxylic acids is 2. The van der Waals surface area contributed by atoms with E-state index in [1.807, 2.05) is 0 Å². The van der Waals surface area contributed by atoms with E-state index in [4.69, 9.17) is 23.7 Å². The van der Waals surface area contributed by atoms with Crippen molar-refractivity contribution in [1.82, 2.24) is 9.80 Å². The second-order valence-electron chi connectivity index (χ2n) is 8.60. The van der Waals surface area contributed by atoms with Crippen molar-refractivity contribution in [1.29, 1.82) is 0 Å². The topological polar surface area (TPSA) is 107 Å². The van der Waals surface area contributed by atoms with Gasteiger partial charge in [0.1, 0.15) is 5.76 Å². The second kappa shape index (κ2) is 10.1. The minimum Gasteiger partial charge on any atom is -0.507 e. The van der Waals surface area contributed by atoms with Gasteiger partial charge in [0.25, 0.3) is 11.7 Å². The predicted octanol–water partition coefficient (Wildman–Crippen LogP) is 2.19. The lowest BCUT2D eigenvalue weighted by Crippen LogP contribution is -2.42. The molecule has 190 valence electrons. The number of hydrogen-bond donors (Lipinski definition) is 1. The Morgan fingerprint density at radius 2 is 1.81 bits per heavy atom. The number of carbonyl (C=O) groups is 2. The highest BCUT2D eigenvalue weighted by Gasteiger charge is 2.47. The van der Waals surface area contributed by atoms with Crippen molar-refractivity contribution >= 4 is 17.4 Å². The number of Topliss-reactive ketones (excluding diaryl/α,β-unsaturated/α-hetero) is 1. The van der Waals surface area contributed by atoms with Gasteiger partial charge in [-0.05, 0) is 24.3 Å². The number of aliphatic hydroxyl groups is 1. The van der Waals surface area contributed by atoms with E-state index in [9.17, 15) is 14.7 Å². The highest BCUT2D eigenvalue weighted by molar-refractivity contribution is 6.46. The van der Waals surface area contributed by atoms with Crippen molar-refractivity contribution in [2.45, 2.75) is 6.04 Å². The zero-order chi connectivity index (χ0) is 25.2. The Kier molecular flexibility index (Phi) is 6.71. The molecule has 2 saturated heterocycles. The number of hydrogen-bond acceptors (Lipinski definition) is 9. The molecule has 0 radical (unpaired) electrons. The quantitative estimate of drug-likeness (QED) is 0.351. The maximum atomic E-state index is 13.4. The van der Waals surface area contributed by atoms with Gasteiger partial charge in [-0.3, -0.25) is 14.5 Å². The number of nitrogens with zero attached hydrogens (tertiary/aromatic N) is 2. The van der Waals surface area contributed by atoms with Gasteiger partial charge in [0.2, 0.25) is 6.79 Å². The number of para-hydroxylation sites is 1. The van der Waals surface area contributed by atoms with E-state index >= 15 is 0 Å². The first-order valence-electron chi connectivity index (χ1n) is 11.7. The molecule has 2 fully saturated rings. The lowest BCUT2D eigenvalue weighted by Gasteiger charge is -2.31. The van der Waals surface area contributed by atoms with Gasteiger partial charge in [0, 0.05) is 37.3 Å². The van der Waals surface area contributed by atoms with Gasteiger partial charge in [0.05, 0.1) is 39.0 Å². The van der Waals surface area contributed by atoms with Crippen LogP contribution in [0.4, 0.5) is 0 Å². The molecule has 5 rings (SSSR count). The number of likely N-dealkylation sites (tertiary alicyclic amines) is 1. The first-order chi connectivity index (χ1) is 17.5. The minimum atomic E-state index is -0.874. The van der Waals surface area contributed by atoms with Gasteiger partial charge >= 0.3 is 0 Å². The van der Waals surface area contributed by atoms with Crippen LogP contribution in [-0.4, -0.2) is 87.0 Å². The zero-order valence-electron chi connectivity index (χ0n) is 20.2. The Morgan fingerprint density at radius 1 is 1.03 bits per heavy atom. The second-order valence-corrected chi connectivity index (χ2v) is 8.60. The zero-order valence-corrected chi connectivity index (χ0v) is 20.2. The van der Waals surface area contributed by atoms with E-state index in [-0.39, 0.29) is 24.7 Å². The molecule has 3 aliphatic heterocycles. The number of fused-ring (bicyclic) bond motifs is 1. The van der Waals surface area contributed by atoms with Crippen molar-refractivity contribution in [3.8, 4) is 23.0 Å². The summed E-state index contributed by atoms with van der Waals surface area (Å²) in [5.41, 5.74) is 0.866. The van der Waals surface area contributed by atoms with E-state index in [1.165, 1.54) is 19.1 Å². The molecule has 2 aromatic carbocycles. The van der Waals surface area contributed by atoms with E-state index in [1.54, 1.807) is 36.4 Å². The number of benzene rings is 2. The molecule has 0 spiro atoms. The molecule has 1 atom stereocenters. The maximum absolute atomic E-state index is 13.4. The first kappa shape index (κ1) is 24.0. The number of aliphatic hydroxyl groups excluding tert-OH is 1. The molecule has 1 unspecified atom stereocenters. The highest BCUT2D eigenvalue weighted by Crippen LogP contribution is 2.46. The van der Waals surface area contributed by atoms with Gasteiger partial charge in [-0.1, -0.05) is 12.1 Å². The molecule has 0 saturated carbocycles. The van der Waals surface area contributed by atoms with Crippen molar-refractivity contribution < 1.29 is 38.4 Å². The van der Waals surface area contributed by atoms with E-state index in [2.05, 4.69) is 4.90 Å². The summed E-state index contributed by atoms with van der Waals surface area (Å²) in [6, 6.07) is 9.28. The number of ketones is 1. The van der Waals surface area contributed by atoms with E-state index in [0.717, 1.165) is 13.1 Å². The van der Waals surface area contributed by atoms with Gasteiger partial charge in [-0.25, -0.2) is 0 Å². The van der Waals surface area contributed by atoms with Crippen LogP contribution in [0, 0.1) is 0 Å². The number of amides is 1. The Labute approximate surface area is 208 Å². The fourth-order valence-electron chi connectivity index (χ4n) is 4.83. The van der Waals surface area contributed by atoms with Crippen molar-refractivity contribution in [2.75, 3.05) is 60.4 Å². The predicted molar refractivity (Wildman–Crippen MR) is 128 cm³/mol. The van der Waals surface area contributed by atoms with Gasteiger partial charge in [-0.15, -0.1) is 0 Å². The van der Waals surface area contributed by atoms with Crippen LogP contribution in [-0.2, 0) is 14.3 Å². The van der Waals surface area contributed by atoms with Crippen LogP contribution in [0.1, 0.15) is 17.2 Å². The fraction of sp³-hybridized carbons (Fsp3) is 0.385. The van der Waals surface area contributed by atoms with Crippen molar-refractivity contribution in [3.05, 3.63) is 53.1 Å². The number of morpholine rings is 1. The minimum absolute atomic E-state index is 0.0209. The van der Waals surface area contributed by atoms with Crippen molar-refractivity contribution in [2.24, 2.45) is 0 Å². The van der Waals surface area contributed by atoms with Gasteiger partial charge in [-0.2, -0.15) is 0 Å². The molecule has 1 N–H and O–H groups in total. The first-order valence-corrected chi connectivity index (χ1v) is 11.7. The number of ether oxygens (including phenoxy) is 5. The Morgan fingerprint density at radius 3 is 2.56 bits per heavy atom. The fourth-order valence-corrected chi connectivity index (χ4v) is 4.83. The Hall–Kier alpha value is -3.76. The van der Waals surface area contributed by atoms with Gasteiger partial charge < -0.3 is 33.7 Å². The molecule has 36 heavy (non-hydrogen) atoms. The summed E-state index contributed by atoms with van der Waals surface area (Å²) in [4.78, 5) is 30.4. The SMILES string of the molecule is COc1cccc(C2C(=C(O)c3ccc4c(c3)OCO4)C(=O)C(=O)N2CCN2CCOCC2)c1OC. The van der Waals surface area contributed by atoms with E-state index < -0.39 is 17.7 Å². The molecule has 3 aliphatic rings. The standard InChI is InChI=1S/C26H28N2O8/c1-32-19-5-3-4-17(25(19)33-2)22-21(23(29)16-6-7-18-20(14-16)36-15-35-18)24(30)26(31)28(22)9-8-27-10-12-34-13-11-27/h3-7,14,22,29H,8-13,15H2,1-2H3. The molecule has 10 heteroatoms. The summed E-state index contributed by atoms with van der Waals surface area (Å²) >= 11 is 0. The molecule has 10 nitrogen and oxygen atoms in total. The Bertz CT molecular complexity index is 1200. The van der Waals surface area contributed by atoms with Crippen LogP contribution >= 0.6 is 0 Å². The van der Waals surface area contributed by atoms with Crippen LogP contribution < -0.4 is 18.9 Å². The summed E-state index contributed by atoms with van der Waals surface area (Å²) in [5, 5.41) is 11.4. The van der Waals surface area contributed by atoms with E-state index in [0.29, 0.717) is 53.9 Å². The normalized spacial score (nSPS) is 21.2. The molecule has 0 aliphatic carbocycles. The molecule has 3 heterocycles. The number of methoxy groups -OCH3 is 2. The maximum Gasteiger partial charge on any atom is 0.295 e. The molecule has 2 aromatic rings. The largest absolute Gasteiger partial charge is 0.507 e. The third kappa shape index (κ3) is 4.22. The Balaban J connectivity index is 1.60. The third-order valence-corrected chi connectivity index (χ3v) is 6.67. The van der Waals surface area contributed by atoms with Gasteiger partial charge in [0.15, 0.2) is 23.0 Å². The molecule has 1 amide bonds. The molecular formula is C26H28N2O8. The molecule has 0 aromatic heterocycles. The summed E-state index contributed by atoms with van der Waals surface area (Å²) in [6.07, 6.45) is 0. The highest BCUT2D eigenvalue weighted by atomic mass is 16.7. The molecule has 0 bridgehead atoms.